The second-order valence-electron chi connectivity index (χ2n) is 8.95. The fraction of sp³-hybridized carbons (Fsp3) is 0.440. The van der Waals surface area contributed by atoms with E-state index in [9.17, 15) is 14.3 Å². The summed E-state index contributed by atoms with van der Waals surface area (Å²) in [5.41, 5.74) is 4.00. The first-order chi connectivity index (χ1) is 15.9. The molecule has 0 amide bonds. The topological polar surface area (TPSA) is 66.6 Å². The van der Waals surface area contributed by atoms with Crippen molar-refractivity contribution in [3.8, 4) is 0 Å². The third-order valence-electron chi connectivity index (χ3n) is 7.04. The minimum absolute atomic E-state index is 0.0253. The van der Waals surface area contributed by atoms with Crippen LogP contribution in [0.3, 0.4) is 0 Å². The number of aliphatic hydroxyl groups is 1. The Bertz CT molecular complexity index is 1130. The Hall–Kier alpha value is -2.83. The Labute approximate surface area is 192 Å². The molecule has 5 rings (SSSR count). The average Bonchev–Trinajstić information content (AvgIpc) is 3.20. The molecule has 0 aliphatic carbocycles. The van der Waals surface area contributed by atoms with Gasteiger partial charge in [0, 0.05) is 44.3 Å². The van der Waals surface area contributed by atoms with Crippen molar-refractivity contribution >= 4 is 11.7 Å². The van der Waals surface area contributed by atoms with Crippen molar-refractivity contribution in [3.05, 3.63) is 75.4 Å². The predicted octanol–water partition coefficient (Wildman–Crippen LogP) is 3.15. The van der Waals surface area contributed by atoms with Crippen molar-refractivity contribution in [2.75, 3.05) is 39.3 Å². The van der Waals surface area contributed by atoms with Crippen molar-refractivity contribution in [1.29, 1.82) is 0 Å². The number of piperazine rings is 1. The first-order valence-corrected chi connectivity index (χ1v) is 11.2. The summed E-state index contributed by atoms with van der Waals surface area (Å²) in [6.45, 7) is 13.3. The van der Waals surface area contributed by atoms with Gasteiger partial charge in [-0.15, -0.1) is 0 Å². The summed E-state index contributed by atoms with van der Waals surface area (Å²) >= 11 is 0. The van der Waals surface area contributed by atoms with Gasteiger partial charge in [0.15, 0.2) is 0 Å². The molecule has 3 heterocycles. The van der Waals surface area contributed by atoms with Gasteiger partial charge in [0.1, 0.15) is 12.4 Å². The van der Waals surface area contributed by atoms with Crippen LogP contribution in [0.25, 0.3) is 4.85 Å². The van der Waals surface area contributed by atoms with Crippen LogP contribution in [-0.4, -0.2) is 66.2 Å². The van der Waals surface area contributed by atoms with Crippen LogP contribution in [-0.2, 0) is 16.1 Å². The van der Waals surface area contributed by atoms with Crippen LogP contribution in [0.1, 0.15) is 44.8 Å². The van der Waals surface area contributed by atoms with Gasteiger partial charge in [-0.3, -0.25) is 9.80 Å². The van der Waals surface area contributed by atoms with Crippen LogP contribution in [0.5, 0.6) is 0 Å². The molecule has 8 heteroatoms. The lowest BCUT2D eigenvalue weighted by molar-refractivity contribution is -0.0938. The van der Waals surface area contributed by atoms with E-state index in [0.29, 0.717) is 25.3 Å². The number of hydrogen-bond acceptors (Lipinski definition) is 6. The number of aliphatic hydroxyl groups excluding tert-OH is 1. The molecule has 172 valence electrons. The number of carbonyl (C=O) groups excluding carboxylic acids is 1. The number of β-amino-alcohol motifs (C(OH)–C–C–N with tert-alkyl or cyclic N) is 1. The zero-order valence-electron chi connectivity index (χ0n) is 18.5. The van der Waals surface area contributed by atoms with E-state index in [0.717, 1.165) is 41.9 Å². The number of carbonyl (C=O) groups is 1. The molecule has 2 fully saturated rings. The third-order valence-corrected chi connectivity index (χ3v) is 7.04. The molecule has 0 aromatic heterocycles. The molecule has 1 N–H and O–H groups in total. The van der Waals surface area contributed by atoms with Crippen molar-refractivity contribution in [2.45, 2.75) is 31.8 Å². The summed E-state index contributed by atoms with van der Waals surface area (Å²) in [6.07, 6.45) is -0.870. The molecule has 0 unspecified atom stereocenters. The minimum Gasteiger partial charge on any atom is -0.457 e. The van der Waals surface area contributed by atoms with Crippen LogP contribution < -0.4 is 0 Å². The maximum absolute atomic E-state index is 14.0. The van der Waals surface area contributed by atoms with Crippen LogP contribution >= 0.6 is 0 Å². The zero-order chi connectivity index (χ0) is 23.1. The van der Waals surface area contributed by atoms with E-state index in [1.54, 1.807) is 12.1 Å². The highest BCUT2D eigenvalue weighted by Crippen LogP contribution is 2.32. The van der Waals surface area contributed by atoms with E-state index in [1.165, 1.54) is 12.1 Å². The highest BCUT2D eigenvalue weighted by Gasteiger charge is 2.35. The summed E-state index contributed by atoms with van der Waals surface area (Å²) in [5.74, 6) is -0.809. The number of rotatable bonds is 4. The maximum Gasteiger partial charge on any atom is 0.338 e. The van der Waals surface area contributed by atoms with Crippen molar-refractivity contribution in [3.63, 3.8) is 0 Å². The monoisotopic (exact) mass is 451 g/mol. The van der Waals surface area contributed by atoms with E-state index >= 15 is 0 Å². The molecule has 0 radical (unpaired) electrons. The molecule has 2 saturated heterocycles. The number of esters is 1. The van der Waals surface area contributed by atoms with Gasteiger partial charge in [-0.25, -0.2) is 14.0 Å². The summed E-state index contributed by atoms with van der Waals surface area (Å²) < 4.78 is 25.2. The minimum atomic E-state index is -0.654. The molecule has 3 atom stereocenters. The number of ether oxygens (including phenoxy) is 2. The molecule has 2 aromatic carbocycles. The molecule has 7 nitrogen and oxygen atoms in total. The van der Waals surface area contributed by atoms with Gasteiger partial charge in [-0.05, 0) is 35.7 Å². The lowest BCUT2D eigenvalue weighted by atomic mass is 9.95. The fourth-order valence-corrected chi connectivity index (χ4v) is 5.10. The highest BCUT2D eigenvalue weighted by atomic mass is 19.1. The Balaban J connectivity index is 1.20. The third kappa shape index (κ3) is 4.13. The highest BCUT2D eigenvalue weighted by molar-refractivity contribution is 5.93. The first kappa shape index (κ1) is 22.0. The van der Waals surface area contributed by atoms with Gasteiger partial charge in [0.25, 0.3) is 0 Å². The molecular formula is C25H26FN3O4. The zero-order valence-corrected chi connectivity index (χ0v) is 18.5. The van der Waals surface area contributed by atoms with Gasteiger partial charge < -0.3 is 14.6 Å². The summed E-state index contributed by atoms with van der Waals surface area (Å²) in [5, 5.41) is 10.9. The van der Waals surface area contributed by atoms with Gasteiger partial charge in [0.05, 0.1) is 31.0 Å². The van der Waals surface area contributed by atoms with Crippen LogP contribution in [0.2, 0.25) is 0 Å². The standard InChI is InChI=1S/C25H26FN3O4/c1-15-18(4-5-19-20(15)14-33-25(19)31)23(30)11-28-7-8-29-12-24(32-13-17(29)10-28)16-3-6-22(27-2)21(26)9-16/h3-6,9,17,23-24,30H,7-8,10-14H2,1H3/t17-,23+,24+/m1/s1. The average molecular weight is 451 g/mol. The molecule has 3 aliphatic rings. The Morgan fingerprint density at radius 1 is 1.27 bits per heavy atom. The van der Waals surface area contributed by atoms with Crippen LogP contribution in [0.15, 0.2) is 30.3 Å². The second kappa shape index (κ2) is 8.84. The van der Waals surface area contributed by atoms with E-state index in [-0.39, 0.29) is 30.4 Å². The first-order valence-electron chi connectivity index (χ1n) is 11.2. The number of cyclic esters (lactones) is 1. The lowest BCUT2D eigenvalue weighted by Crippen LogP contribution is -2.58. The molecule has 2 aromatic rings. The number of halogens is 1. The fourth-order valence-electron chi connectivity index (χ4n) is 5.10. The Morgan fingerprint density at radius 3 is 2.91 bits per heavy atom. The summed E-state index contributed by atoms with van der Waals surface area (Å²) in [6, 6.07) is 8.47. The van der Waals surface area contributed by atoms with E-state index < -0.39 is 11.9 Å². The van der Waals surface area contributed by atoms with E-state index in [4.69, 9.17) is 16.0 Å². The number of benzene rings is 2. The van der Waals surface area contributed by atoms with Crippen LogP contribution in [0, 0.1) is 19.3 Å². The van der Waals surface area contributed by atoms with Crippen molar-refractivity contribution in [2.24, 2.45) is 0 Å². The van der Waals surface area contributed by atoms with Gasteiger partial charge in [-0.2, -0.15) is 0 Å². The second-order valence-corrected chi connectivity index (χ2v) is 8.95. The molecular weight excluding hydrogens is 425 g/mol. The molecule has 3 aliphatic heterocycles. The number of nitrogens with zero attached hydrogens (tertiary/aromatic N) is 3. The largest absolute Gasteiger partial charge is 0.457 e. The smallest absolute Gasteiger partial charge is 0.338 e. The number of hydrogen-bond donors (Lipinski definition) is 1. The maximum atomic E-state index is 14.0. The molecule has 0 saturated carbocycles. The Morgan fingerprint density at radius 2 is 2.12 bits per heavy atom. The number of fused-ring (bicyclic) bond motifs is 2. The molecule has 0 spiro atoms. The van der Waals surface area contributed by atoms with Gasteiger partial charge >= 0.3 is 5.97 Å². The Kier molecular flexibility index (Phi) is 5.89. The number of morpholine rings is 1. The van der Waals surface area contributed by atoms with Crippen molar-refractivity contribution < 1.29 is 23.8 Å². The normalized spacial score (nSPS) is 24.0. The molecule has 0 bridgehead atoms. The molecule has 33 heavy (non-hydrogen) atoms. The quantitative estimate of drug-likeness (QED) is 0.569. The van der Waals surface area contributed by atoms with Gasteiger partial charge in [0.2, 0.25) is 5.69 Å². The van der Waals surface area contributed by atoms with Gasteiger partial charge in [-0.1, -0.05) is 18.2 Å². The van der Waals surface area contributed by atoms with E-state index in [1.807, 2.05) is 13.0 Å². The van der Waals surface area contributed by atoms with E-state index in [2.05, 4.69) is 14.6 Å². The SMILES string of the molecule is [C-]#[N+]c1ccc([C@@H]2CN3CCN(C[C@H](O)c4ccc5c(c4C)COC5=O)C[C@@H]3CO2)cc1F. The predicted molar refractivity (Wildman–Crippen MR) is 118 cm³/mol. The summed E-state index contributed by atoms with van der Waals surface area (Å²) in [4.78, 5) is 19.6. The lowest BCUT2D eigenvalue weighted by Gasteiger charge is -2.46. The van der Waals surface area contributed by atoms with Crippen molar-refractivity contribution in [1.82, 2.24) is 9.80 Å². The van der Waals surface area contributed by atoms with Crippen LogP contribution in [0.4, 0.5) is 10.1 Å². The summed E-state index contributed by atoms with van der Waals surface area (Å²) in [7, 11) is 0.